The first-order valence-electron chi connectivity index (χ1n) is 8.70. The number of para-hydroxylation sites is 1. The maximum atomic E-state index is 12.8. The van der Waals surface area contributed by atoms with Crippen molar-refractivity contribution in [3.8, 4) is 0 Å². The van der Waals surface area contributed by atoms with Gasteiger partial charge in [0, 0.05) is 24.8 Å². The molecule has 3 rings (SSSR count). The van der Waals surface area contributed by atoms with Crippen molar-refractivity contribution >= 4 is 15.7 Å². The van der Waals surface area contributed by atoms with E-state index >= 15 is 0 Å². The molecule has 27 heavy (non-hydrogen) atoms. The second-order valence-electron chi connectivity index (χ2n) is 6.63. The Labute approximate surface area is 157 Å². The van der Waals surface area contributed by atoms with Crippen LogP contribution in [0.1, 0.15) is 24.0 Å². The molecule has 0 unspecified atom stereocenters. The lowest BCUT2D eigenvalue weighted by Gasteiger charge is -2.27. The molecule has 0 amide bonds. The van der Waals surface area contributed by atoms with Crippen molar-refractivity contribution in [3.63, 3.8) is 0 Å². The fourth-order valence-electron chi connectivity index (χ4n) is 3.34. The molecule has 2 aromatic carbocycles. The monoisotopic (exact) mass is 398 g/mol. The molecule has 1 aliphatic heterocycles. The number of rotatable bonds is 6. The number of halogens is 3. The third kappa shape index (κ3) is 5.23. The number of benzene rings is 2. The number of nitrogens with zero attached hydrogens (tertiary/aromatic N) is 1. The zero-order valence-electron chi connectivity index (χ0n) is 14.6. The first-order chi connectivity index (χ1) is 12.7. The molecular weight excluding hydrogens is 377 g/mol. The number of sulfonamides is 1. The van der Waals surface area contributed by atoms with Crippen molar-refractivity contribution < 1.29 is 21.6 Å². The molecule has 8 heteroatoms. The van der Waals surface area contributed by atoms with Gasteiger partial charge in [0.05, 0.1) is 11.3 Å². The van der Waals surface area contributed by atoms with E-state index in [1.54, 1.807) is 0 Å². The maximum Gasteiger partial charge on any atom is 0.416 e. The first kappa shape index (κ1) is 19.7. The minimum atomic E-state index is -4.49. The van der Waals surface area contributed by atoms with Gasteiger partial charge < -0.3 is 4.90 Å². The van der Waals surface area contributed by atoms with Crippen LogP contribution in [0.5, 0.6) is 0 Å². The fourth-order valence-corrected chi connectivity index (χ4v) is 4.51. The largest absolute Gasteiger partial charge is 0.416 e. The van der Waals surface area contributed by atoms with Crippen LogP contribution in [0, 0.1) is 0 Å². The predicted molar refractivity (Wildman–Crippen MR) is 98.9 cm³/mol. The standard InChI is InChI=1S/C19H21F3N2O2S/c20-19(21,22)16-7-4-6-15(12-16)14-27(25,26)23-13-18-10-5-11-24(18)17-8-2-1-3-9-17/h1-4,6-9,12,18,23H,5,10-11,13-14H2/t18-/m0/s1. The van der Waals surface area contributed by atoms with Crippen molar-refractivity contribution in [2.45, 2.75) is 30.8 Å². The van der Waals surface area contributed by atoms with Crippen molar-refractivity contribution in [1.29, 1.82) is 0 Å². The maximum absolute atomic E-state index is 12.8. The Hall–Kier alpha value is -2.06. The Morgan fingerprint density at radius 3 is 2.52 bits per heavy atom. The average molecular weight is 398 g/mol. The number of alkyl halides is 3. The molecule has 0 aliphatic carbocycles. The molecule has 146 valence electrons. The van der Waals surface area contributed by atoms with Crippen molar-refractivity contribution in [2.75, 3.05) is 18.0 Å². The number of nitrogens with one attached hydrogen (secondary N) is 1. The molecule has 1 atom stereocenters. The zero-order valence-corrected chi connectivity index (χ0v) is 15.4. The van der Waals surface area contributed by atoms with E-state index in [9.17, 15) is 21.6 Å². The molecule has 1 fully saturated rings. The van der Waals surface area contributed by atoms with Gasteiger partial charge in [-0.3, -0.25) is 0 Å². The summed E-state index contributed by atoms with van der Waals surface area (Å²) in [7, 11) is -3.73. The molecule has 1 N–H and O–H groups in total. The van der Waals surface area contributed by atoms with Crippen LogP contribution in [-0.4, -0.2) is 27.5 Å². The van der Waals surface area contributed by atoms with Crippen LogP contribution in [-0.2, 0) is 22.0 Å². The molecule has 4 nitrogen and oxygen atoms in total. The summed E-state index contributed by atoms with van der Waals surface area (Å²) >= 11 is 0. The van der Waals surface area contributed by atoms with E-state index in [1.807, 2.05) is 30.3 Å². The highest BCUT2D eigenvalue weighted by Gasteiger charge is 2.31. The molecule has 0 aromatic heterocycles. The minimum Gasteiger partial charge on any atom is -0.367 e. The number of hydrogen-bond acceptors (Lipinski definition) is 3. The second kappa shape index (κ2) is 7.90. The van der Waals surface area contributed by atoms with Crippen molar-refractivity contribution in [3.05, 3.63) is 65.7 Å². The third-order valence-corrected chi connectivity index (χ3v) is 5.93. The fraction of sp³-hybridized carbons (Fsp3) is 0.368. The van der Waals surface area contributed by atoms with Gasteiger partial charge in [-0.15, -0.1) is 0 Å². The molecule has 1 heterocycles. The third-order valence-electron chi connectivity index (χ3n) is 4.61. The minimum absolute atomic E-state index is 0.0312. The smallest absolute Gasteiger partial charge is 0.367 e. The Morgan fingerprint density at radius 2 is 1.81 bits per heavy atom. The zero-order chi connectivity index (χ0) is 19.5. The van der Waals surface area contributed by atoms with Gasteiger partial charge in [0.25, 0.3) is 0 Å². The molecule has 1 saturated heterocycles. The van der Waals surface area contributed by atoms with Crippen LogP contribution in [0.4, 0.5) is 18.9 Å². The van der Waals surface area contributed by atoms with E-state index in [4.69, 9.17) is 0 Å². The van der Waals surface area contributed by atoms with E-state index in [-0.39, 0.29) is 18.2 Å². The van der Waals surface area contributed by atoms with Crippen LogP contribution >= 0.6 is 0 Å². The quantitative estimate of drug-likeness (QED) is 0.805. The molecule has 0 spiro atoms. The van der Waals surface area contributed by atoms with E-state index < -0.39 is 27.5 Å². The van der Waals surface area contributed by atoms with Crippen molar-refractivity contribution in [1.82, 2.24) is 4.72 Å². The Morgan fingerprint density at radius 1 is 1.07 bits per heavy atom. The summed E-state index contributed by atoms with van der Waals surface area (Å²) < 4.78 is 65.6. The van der Waals surface area contributed by atoms with Crippen LogP contribution in [0.2, 0.25) is 0 Å². The van der Waals surface area contributed by atoms with Crippen LogP contribution < -0.4 is 9.62 Å². The van der Waals surface area contributed by atoms with Gasteiger partial charge >= 0.3 is 6.18 Å². The van der Waals surface area contributed by atoms with Crippen LogP contribution in [0.15, 0.2) is 54.6 Å². The second-order valence-corrected chi connectivity index (χ2v) is 8.44. The number of hydrogen-bond donors (Lipinski definition) is 1. The molecule has 0 saturated carbocycles. The highest BCUT2D eigenvalue weighted by molar-refractivity contribution is 7.88. The summed E-state index contributed by atoms with van der Waals surface area (Å²) in [5.74, 6) is -0.477. The summed E-state index contributed by atoms with van der Waals surface area (Å²) in [6.07, 6.45) is -2.66. The van der Waals surface area contributed by atoms with Gasteiger partial charge in [-0.25, -0.2) is 13.1 Å². The summed E-state index contributed by atoms with van der Waals surface area (Å²) in [5.41, 5.74) is 0.307. The van der Waals surface area contributed by atoms with Gasteiger partial charge in [0.2, 0.25) is 10.0 Å². The Balaban J connectivity index is 1.63. The van der Waals surface area contributed by atoms with Gasteiger partial charge in [-0.1, -0.05) is 36.4 Å². The lowest BCUT2D eigenvalue weighted by molar-refractivity contribution is -0.137. The van der Waals surface area contributed by atoms with E-state index in [2.05, 4.69) is 9.62 Å². The lowest BCUT2D eigenvalue weighted by atomic mass is 10.1. The molecular formula is C19H21F3N2O2S. The molecule has 0 bridgehead atoms. The van der Waals surface area contributed by atoms with Crippen molar-refractivity contribution in [2.24, 2.45) is 0 Å². The summed E-state index contributed by atoms with van der Waals surface area (Å²) in [4.78, 5) is 2.16. The lowest BCUT2D eigenvalue weighted by Crippen LogP contribution is -2.40. The SMILES string of the molecule is O=S(=O)(Cc1cccc(C(F)(F)F)c1)NC[C@@H]1CCCN1c1ccccc1. The molecule has 0 radical (unpaired) electrons. The van der Waals surface area contributed by atoms with E-state index in [1.165, 1.54) is 12.1 Å². The summed E-state index contributed by atoms with van der Waals surface area (Å²) in [6.45, 7) is 1.08. The van der Waals surface area contributed by atoms with Gasteiger partial charge in [0.15, 0.2) is 0 Å². The van der Waals surface area contributed by atoms with Gasteiger partial charge in [0.1, 0.15) is 0 Å². The number of anilines is 1. The van der Waals surface area contributed by atoms with Gasteiger partial charge in [-0.05, 0) is 36.6 Å². The normalized spacial score (nSPS) is 18.0. The Kier molecular flexibility index (Phi) is 5.76. The first-order valence-corrected chi connectivity index (χ1v) is 10.3. The summed E-state index contributed by atoms with van der Waals surface area (Å²) in [6, 6.07) is 14.2. The van der Waals surface area contributed by atoms with E-state index in [0.29, 0.717) is 0 Å². The summed E-state index contributed by atoms with van der Waals surface area (Å²) in [5, 5.41) is 0. The highest BCUT2D eigenvalue weighted by atomic mass is 32.2. The predicted octanol–water partition coefficient (Wildman–Crippen LogP) is 3.79. The molecule has 2 aromatic rings. The van der Waals surface area contributed by atoms with E-state index in [0.717, 1.165) is 37.2 Å². The topological polar surface area (TPSA) is 49.4 Å². The van der Waals surface area contributed by atoms with Crippen LogP contribution in [0.3, 0.4) is 0 Å². The van der Waals surface area contributed by atoms with Gasteiger partial charge in [-0.2, -0.15) is 13.2 Å². The Bertz CT molecular complexity index is 870. The average Bonchev–Trinajstić information content (AvgIpc) is 3.09. The highest BCUT2D eigenvalue weighted by Crippen LogP contribution is 2.30. The van der Waals surface area contributed by atoms with Crippen LogP contribution in [0.25, 0.3) is 0 Å². The molecule has 1 aliphatic rings.